The van der Waals surface area contributed by atoms with Crippen LogP contribution in [0.2, 0.25) is 0 Å². The highest BCUT2D eigenvalue weighted by Gasteiger charge is 2.12. The van der Waals surface area contributed by atoms with Crippen LogP contribution in [0.4, 0.5) is 4.39 Å². The van der Waals surface area contributed by atoms with Gasteiger partial charge >= 0.3 is 0 Å². The van der Waals surface area contributed by atoms with Crippen molar-refractivity contribution < 1.29 is 9.18 Å². The van der Waals surface area contributed by atoms with E-state index >= 15 is 0 Å². The molecule has 1 aliphatic heterocycles. The SMILES string of the molecule is O=C(NCc1ccccc1F)c1ccc(CN2CCCC2)cc1. The molecule has 120 valence electrons. The Hall–Kier alpha value is -2.20. The number of hydrogen-bond donors (Lipinski definition) is 1. The van der Waals surface area contributed by atoms with Crippen LogP contribution < -0.4 is 5.32 Å². The van der Waals surface area contributed by atoms with Gasteiger partial charge in [0, 0.05) is 24.2 Å². The first-order valence-electron chi connectivity index (χ1n) is 8.05. The Balaban J connectivity index is 1.56. The second-order valence-electron chi connectivity index (χ2n) is 5.95. The summed E-state index contributed by atoms with van der Waals surface area (Å²) in [6.45, 7) is 3.45. The first kappa shape index (κ1) is 15.7. The molecule has 0 aromatic heterocycles. The number of halogens is 1. The maximum Gasteiger partial charge on any atom is 0.251 e. The maximum absolute atomic E-state index is 13.5. The summed E-state index contributed by atoms with van der Waals surface area (Å²) in [7, 11) is 0. The summed E-state index contributed by atoms with van der Waals surface area (Å²) >= 11 is 0. The van der Waals surface area contributed by atoms with E-state index in [9.17, 15) is 9.18 Å². The van der Waals surface area contributed by atoms with Crippen molar-refractivity contribution in [2.45, 2.75) is 25.9 Å². The van der Waals surface area contributed by atoms with Crippen LogP contribution in [-0.4, -0.2) is 23.9 Å². The van der Waals surface area contributed by atoms with E-state index in [4.69, 9.17) is 0 Å². The Kier molecular flexibility index (Phi) is 5.03. The van der Waals surface area contributed by atoms with Crippen LogP contribution in [0.5, 0.6) is 0 Å². The lowest BCUT2D eigenvalue weighted by Gasteiger charge is -2.14. The predicted octanol–water partition coefficient (Wildman–Crippen LogP) is 3.35. The topological polar surface area (TPSA) is 32.3 Å². The third-order valence-electron chi connectivity index (χ3n) is 4.22. The summed E-state index contributed by atoms with van der Waals surface area (Å²) in [5.74, 6) is -0.477. The van der Waals surface area contributed by atoms with Crippen LogP contribution in [0.25, 0.3) is 0 Å². The molecule has 1 aliphatic rings. The lowest BCUT2D eigenvalue weighted by molar-refractivity contribution is 0.0950. The largest absolute Gasteiger partial charge is 0.348 e. The number of carbonyl (C=O) groups is 1. The molecule has 0 bridgehead atoms. The van der Waals surface area contributed by atoms with Gasteiger partial charge in [0.25, 0.3) is 5.91 Å². The summed E-state index contributed by atoms with van der Waals surface area (Å²) < 4.78 is 13.5. The zero-order valence-corrected chi connectivity index (χ0v) is 13.1. The summed E-state index contributed by atoms with van der Waals surface area (Å²) in [4.78, 5) is 14.6. The average Bonchev–Trinajstić information content (AvgIpc) is 3.07. The third-order valence-corrected chi connectivity index (χ3v) is 4.22. The number of amides is 1. The molecular formula is C19H21FN2O. The van der Waals surface area contributed by atoms with E-state index in [2.05, 4.69) is 10.2 Å². The minimum Gasteiger partial charge on any atom is -0.348 e. The van der Waals surface area contributed by atoms with Gasteiger partial charge in [-0.3, -0.25) is 9.69 Å². The van der Waals surface area contributed by atoms with E-state index in [1.54, 1.807) is 18.2 Å². The number of nitrogens with one attached hydrogen (secondary N) is 1. The molecule has 4 heteroatoms. The Morgan fingerprint density at radius 2 is 1.74 bits per heavy atom. The lowest BCUT2D eigenvalue weighted by Crippen LogP contribution is -2.23. The van der Waals surface area contributed by atoms with Gasteiger partial charge in [-0.05, 0) is 49.7 Å². The fourth-order valence-corrected chi connectivity index (χ4v) is 2.88. The van der Waals surface area contributed by atoms with Crippen molar-refractivity contribution in [2.24, 2.45) is 0 Å². The molecule has 1 heterocycles. The van der Waals surface area contributed by atoms with Gasteiger partial charge in [0.05, 0.1) is 0 Å². The predicted molar refractivity (Wildman–Crippen MR) is 88.5 cm³/mol. The summed E-state index contributed by atoms with van der Waals surface area (Å²) in [5.41, 5.74) is 2.32. The van der Waals surface area contributed by atoms with Crippen LogP contribution in [-0.2, 0) is 13.1 Å². The second kappa shape index (κ2) is 7.38. The van der Waals surface area contributed by atoms with E-state index in [-0.39, 0.29) is 18.3 Å². The molecule has 23 heavy (non-hydrogen) atoms. The van der Waals surface area contributed by atoms with Crippen molar-refractivity contribution in [3.8, 4) is 0 Å². The Morgan fingerprint density at radius 3 is 2.43 bits per heavy atom. The standard InChI is InChI=1S/C19H21FN2O/c20-18-6-2-1-5-17(18)13-21-19(23)16-9-7-15(8-10-16)14-22-11-3-4-12-22/h1-2,5-10H,3-4,11-14H2,(H,21,23). The molecule has 1 amide bonds. The van der Waals surface area contributed by atoms with Crippen molar-refractivity contribution in [2.75, 3.05) is 13.1 Å². The summed E-state index contributed by atoms with van der Waals surface area (Å²) in [6.07, 6.45) is 2.55. The zero-order chi connectivity index (χ0) is 16.1. The van der Waals surface area contributed by atoms with Crippen molar-refractivity contribution in [1.29, 1.82) is 0 Å². The highest BCUT2D eigenvalue weighted by Crippen LogP contribution is 2.13. The van der Waals surface area contributed by atoms with Crippen molar-refractivity contribution >= 4 is 5.91 Å². The van der Waals surface area contributed by atoms with Crippen molar-refractivity contribution in [3.63, 3.8) is 0 Å². The van der Waals surface area contributed by atoms with Crippen LogP contribution in [0, 0.1) is 5.82 Å². The number of likely N-dealkylation sites (tertiary alicyclic amines) is 1. The van der Waals surface area contributed by atoms with Crippen molar-refractivity contribution in [1.82, 2.24) is 10.2 Å². The van der Waals surface area contributed by atoms with Gasteiger partial charge in [-0.25, -0.2) is 4.39 Å². The van der Waals surface area contributed by atoms with Gasteiger partial charge in [0.2, 0.25) is 0 Å². The minimum absolute atomic E-state index is 0.180. The molecule has 2 aromatic carbocycles. The highest BCUT2D eigenvalue weighted by atomic mass is 19.1. The number of carbonyl (C=O) groups excluding carboxylic acids is 1. The molecule has 1 saturated heterocycles. The van der Waals surface area contributed by atoms with Gasteiger partial charge in [-0.15, -0.1) is 0 Å². The molecule has 0 spiro atoms. The van der Waals surface area contributed by atoms with Gasteiger partial charge < -0.3 is 5.32 Å². The third kappa shape index (κ3) is 4.17. The van der Waals surface area contributed by atoms with Crippen LogP contribution >= 0.6 is 0 Å². The van der Waals surface area contributed by atoms with E-state index in [0.29, 0.717) is 11.1 Å². The van der Waals surface area contributed by atoms with Crippen LogP contribution in [0.15, 0.2) is 48.5 Å². The minimum atomic E-state index is -0.297. The fraction of sp³-hybridized carbons (Fsp3) is 0.316. The highest BCUT2D eigenvalue weighted by molar-refractivity contribution is 5.94. The molecule has 1 N–H and O–H groups in total. The normalized spacial score (nSPS) is 14.8. The smallest absolute Gasteiger partial charge is 0.251 e. The molecule has 0 saturated carbocycles. The Morgan fingerprint density at radius 1 is 1.04 bits per heavy atom. The fourth-order valence-electron chi connectivity index (χ4n) is 2.88. The first-order chi connectivity index (χ1) is 11.2. The molecule has 3 nitrogen and oxygen atoms in total. The van der Waals surface area contributed by atoms with Gasteiger partial charge in [-0.1, -0.05) is 30.3 Å². The van der Waals surface area contributed by atoms with Gasteiger partial charge in [-0.2, -0.15) is 0 Å². The summed E-state index contributed by atoms with van der Waals surface area (Å²) in [6, 6.07) is 14.1. The van der Waals surface area contributed by atoms with Gasteiger partial charge in [0.15, 0.2) is 0 Å². The number of nitrogens with zero attached hydrogens (tertiary/aromatic N) is 1. The number of hydrogen-bond acceptors (Lipinski definition) is 2. The molecule has 1 fully saturated rings. The molecule has 0 unspecified atom stereocenters. The van der Waals surface area contributed by atoms with E-state index < -0.39 is 0 Å². The monoisotopic (exact) mass is 312 g/mol. The second-order valence-corrected chi connectivity index (χ2v) is 5.95. The Bertz CT molecular complexity index is 663. The van der Waals surface area contributed by atoms with E-state index in [1.165, 1.54) is 24.5 Å². The average molecular weight is 312 g/mol. The molecule has 0 atom stereocenters. The zero-order valence-electron chi connectivity index (χ0n) is 13.1. The Labute approximate surface area is 136 Å². The van der Waals surface area contributed by atoms with Crippen LogP contribution in [0.1, 0.15) is 34.3 Å². The molecule has 0 aliphatic carbocycles. The number of rotatable bonds is 5. The number of benzene rings is 2. The molecule has 2 aromatic rings. The molecule has 3 rings (SSSR count). The molecular weight excluding hydrogens is 291 g/mol. The lowest BCUT2D eigenvalue weighted by atomic mass is 10.1. The maximum atomic E-state index is 13.5. The molecule has 0 radical (unpaired) electrons. The van der Waals surface area contributed by atoms with Crippen molar-refractivity contribution in [3.05, 3.63) is 71.0 Å². The van der Waals surface area contributed by atoms with E-state index in [0.717, 1.165) is 19.6 Å². The van der Waals surface area contributed by atoms with Crippen LogP contribution in [0.3, 0.4) is 0 Å². The van der Waals surface area contributed by atoms with Gasteiger partial charge in [0.1, 0.15) is 5.82 Å². The summed E-state index contributed by atoms with van der Waals surface area (Å²) in [5, 5.41) is 2.76. The quantitative estimate of drug-likeness (QED) is 0.918. The first-order valence-corrected chi connectivity index (χ1v) is 8.05. The van der Waals surface area contributed by atoms with E-state index in [1.807, 2.05) is 24.3 Å².